The van der Waals surface area contributed by atoms with Crippen molar-refractivity contribution in [2.24, 2.45) is 0 Å². The molecule has 0 aliphatic carbocycles. The molecule has 0 spiro atoms. The van der Waals surface area contributed by atoms with Gasteiger partial charge in [0.15, 0.2) is 0 Å². The summed E-state index contributed by atoms with van der Waals surface area (Å²) in [6.07, 6.45) is 0. The molecule has 9 aromatic carbocycles. The Morgan fingerprint density at radius 3 is 0.929 bits per heavy atom. The van der Waals surface area contributed by atoms with Gasteiger partial charge in [0, 0.05) is 32.9 Å². The fourth-order valence-electron chi connectivity index (χ4n) is 8.79. The maximum absolute atomic E-state index is 2.39. The van der Waals surface area contributed by atoms with E-state index in [2.05, 4.69) is 228 Å². The highest BCUT2D eigenvalue weighted by atomic mass is 15.0. The molecule has 262 valence electrons. The fourth-order valence-corrected chi connectivity index (χ4v) is 8.79. The van der Waals surface area contributed by atoms with Crippen molar-refractivity contribution in [2.75, 3.05) is 0 Å². The van der Waals surface area contributed by atoms with E-state index >= 15 is 0 Å². The molecule has 11 rings (SSSR count). The van der Waals surface area contributed by atoms with Crippen LogP contribution in [0.4, 0.5) is 0 Å². The molecule has 0 saturated carbocycles. The van der Waals surface area contributed by atoms with Gasteiger partial charge in [-0.15, -0.1) is 0 Å². The summed E-state index contributed by atoms with van der Waals surface area (Å²) in [7, 11) is 0. The van der Waals surface area contributed by atoms with Crippen LogP contribution in [0.1, 0.15) is 0 Å². The minimum atomic E-state index is 1.15. The first-order valence-electron chi connectivity index (χ1n) is 19.3. The first-order valence-corrected chi connectivity index (χ1v) is 19.3. The second-order valence-corrected chi connectivity index (χ2v) is 14.5. The fraction of sp³-hybridized carbons (Fsp3) is 0. The lowest BCUT2D eigenvalue weighted by molar-refractivity contribution is 1.18. The topological polar surface area (TPSA) is 9.86 Å². The Bertz CT molecular complexity index is 2920. The van der Waals surface area contributed by atoms with Crippen molar-refractivity contribution in [1.29, 1.82) is 0 Å². The van der Waals surface area contributed by atoms with Gasteiger partial charge >= 0.3 is 0 Å². The van der Waals surface area contributed by atoms with Crippen LogP contribution in [0.25, 0.3) is 99.5 Å². The predicted octanol–water partition coefficient (Wildman–Crippen LogP) is 14.5. The highest BCUT2D eigenvalue weighted by Gasteiger charge is 2.19. The zero-order chi connectivity index (χ0) is 37.0. The van der Waals surface area contributed by atoms with Gasteiger partial charge in [0.2, 0.25) is 0 Å². The Morgan fingerprint density at radius 2 is 0.554 bits per heavy atom. The summed E-state index contributed by atoms with van der Waals surface area (Å²) in [6.45, 7) is 0. The third kappa shape index (κ3) is 5.19. The van der Waals surface area contributed by atoms with Gasteiger partial charge in [0.1, 0.15) is 0 Å². The molecule has 0 radical (unpaired) electrons. The molecule has 11 aromatic rings. The van der Waals surface area contributed by atoms with Gasteiger partial charge in [-0.25, -0.2) is 0 Å². The molecule has 0 aliphatic heterocycles. The summed E-state index contributed by atoms with van der Waals surface area (Å²) in [5.41, 5.74) is 16.7. The van der Waals surface area contributed by atoms with Crippen LogP contribution in [-0.2, 0) is 0 Å². The molecule has 0 saturated heterocycles. The van der Waals surface area contributed by atoms with Crippen LogP contribution in [0.5, 0.6) is 0 Å². The van der Waals surface area contributed by atoms with Gasteiger partial charge < -0.3 is 9.13 Å². The molecule has 56 heavy (non-hydrogen) atoms. The second kappa shape index (κ2) is 13.2. The van der Waals surface area contributed by atoms with E-state index in [1.807, 2.05) is 0 Å². The SMILES string of the molecule is c1ccc(-c2cc(-c3ccc(-n4c5ccccc5c5ccccc54)cc3)c(-c3ccccc3)c(-c3ccc(-n4c5ccccc5c5ccccc54)cc3)c2)cc1. The van der Waals surface area contributed by atoms with E-state index in [-0.39, 0.29) is 0 Å². The van der Waals surface area contributed by atoms with Gasteiger partial charge in [-0.3, -0.25) is 0 Å². The normalized spacial score (nSPS) is 11.6. The van der Waals surface area contributed by atoms with Crippen molar-refractivity contribution in [2.45, 2.75) is 0 Å². The summed E-state index contributed by atoms with van der Waals surface area (Å²) < 4.78 is 4.77. The van der Waals surface area contributed by atoms with Crippen molar-refractivity contribution in [3.63, 3.8) is 0 Å². The molecule has 0 atom stereocenters. The molecule has 2 aromatic heterocycles. The Hall–Kier alpha value is -7.42. The number of benzene rings is 9. The summed E-state index contributed by atoms with van der Waals surface area (Å²) in [5, 5.41) is 5.07. The number of para-hydroxylation sites is 4. The minimum Gasteiger partial charge on any atom is -0.309 e. The second-order valence-electron chi connectivity index (χ2n) is 14.5. The predicted molar refractivity (Wildman–Crippen MR) is 237 cm³/mol. The lowest BCUT2D eigenvalue weighted by Crippen LogP contribution is -1.96. The number of fused-ring (bicyclic) bond motifs is 6. The van der Waals surface area contributed by atoms with Crippen molar-refractivity contribution in [3.05, 3.63) is 218 Å². The average molecular weight is 713 g/mol. The van der Waals surface area contributed by atoms with E-state index in [0.29, 0.717) is 0 Å². The zero-order valence-corrected chi connectivity index (χ0v) is 30.7. The molecule has 0 N–H and O–H groups in total. The zero-order valence-electron chi connectivity index (χ0n) is 30.7. The molecular weight excluding hydrogens is 677 g/mol. The van der Waals surface area contributed by atoms with Crippen LogP contribution in [-0.4, -0.2) is 9.13 Å². The Morgan fingerprint density at radius 1 is 0.232 bits per heavy atom. The van der Waals surface area contributed by atoms with Crippen LogP contribution >= 0.6 is 0 Å². The molecule has 0 bridgehead atoms. The van der Waals surface area contributed by atoms with Gasteiger partial charge in [-0.1, -0.05) is 158 Å². The third-order valence-corrected chi connectivity index (χ3v) is 11.3. The molecule has 2 nitrogen and oxygen atoms in total. The van der Waals surface area contributed by atoms with Crippen molar-refractivity contribution in [3.8, 4) is 55.9 Å². The highest BCUT2D eigenvalue weighted by molar-refractivity contribution is 6.10. The maximum atomic E-state index is 2.39. The minimum absolute atomic E-state index is 1.15. The Kier molecular flexibility index (Phi) is 7.53. The first-order chi connectivity index (χ1) is 27.8. The lowest BCUT2D eigenvalue weighted by Gasteiger charge is -2.20. The lowest BCUT2D eigenvalue weighted by atomic mass is 9.84. The van der Waals surface area contributed by atoms with Crippen molar-refractivity contribution < 1.29 is 0 Å². The molecule has 2 heteroatoms. The van der Waals surface area contributed by atoms with E-state index in [1.165, 1.54) is 88.1 Å². The van der Waals surface area contributed by atoms with E-state index in [4.69, 9.17) is 0 Å². The van der Waals surface area contributed by atoms with Crippen LogP contribution in [0, 0.1) is 0 Å². The number of hydrogen-bond acceptors (Lipinski definition) is 0. The number of rotatable bonds is 6. The van der Waals surface area contributed by atoms with Crippen LogP contribution in [0.15, 0.2) is 218 Å². The summed E-state index contributed by atoms with van der Waals surface area (Å²) in [4.78, 5) is 0. The molecule has 0 unspecified atom stereocenters. The van der Waals surface area contributed by atoms with Gasteiger partial charge in [-0.2, -0.15) is 0 Å². The largest absolute Gasteiger partial charge is 0.309 e. The van der Waals surface area contributed by atoms with Gasteiger partial charge in [0.05, 0.1) is 22.1 Å². The summed E-state index contributed by atoms with van der Waals surface area (Å²) >= 11 is 0. The highest BCUT2D eigenvalue weighted by Crippen LogP contribution is 2.44. The maximum Gasteiger partial charge on any atom is 0.0541 e. The van der Waals surface area contributed by atoms with Crippen LogP contribution in [0.2, 0.25) is 0 Å². The monoisotopic (exact) mass is 712 g/mol. The van der Waals surface area contributed by atoms with Gasteiger partial charge in [0.25, 0.3) is 0 Å². The third-order valence-electron chi connectivity index (χ3n) is 11.3. The van der Waals surface area contributed by atoms with E-state index < -0.39 is 0 Å². The van der Waals surface area contributed by atoms with E-state index in [0.717, 1.165) is 11.4 Å². The first kappa shape index (κ1) is 32.0. The smallest absolute Gasteiger partial charge is 0.0541 e. The average Bonchev–Trinajstić information content (AvgIpc) is 3.80. The standard InChI is InChI=1S/C54H36N2/c1-3-15-37(16-4-1)41-35-48(38-27-31-42(32-28-38)55-50-23-11-7-19-44(50)45-20-8-12-24-51(45)55)54(40-17-5-2-6-18-40)49(36-41)39-29-33-43(34-30-39)56-52-25-13-9-21-46(52)47-22-10-14-26-53(47)56/h1-36H. The molecule has 2 heterocycles. The van der Waals surface area contributed by atoms with Crippen molar-refractivity contribution >= 4 is 43.6 Å². The Balaban J connectivity index is 1.11. The molecule has 0 aliphatic rings. The van der Waals surface area contributed by atoms with E-state index in [9.17, 15) is 0 Å². The number of hydrogen-bond donors (Lipinski definition) is 0. The summed E-state index contributed by atoms with van der Waals surface area (Å²) in [5.74, 6) is 0. The van der Waals surface area contributed by atoms with Crippen LogP contribution < -0.4 is 0 Å². The summed E-state index contributed by atoms with van der Waals surface area (Å²) in [6, 6.07) is 79.5. The Labute approximate surface area is 325 Å². The number of nitrogens with zero attached hydrogens (tertiary/aromatic N) is 2. The van der Waals surface area contributed by atoms with Gasteiger partial charge in [-0.05, 0) is 105 Å². The molecule has 0 fully saturated rings. The quantitative estimate of drug-likeness (QED) is 0.162. The molecule has 0 amide bonds. The van der Waals surface area contributed by atoms with E-state index in [1.54, 1.807) is 0 Å². The van der Waals surface area contributed by atoms with Crippen LogP contribution in [0.3, 0.4) is 0 Å². The van der Waals surface area contributed by atoms with Crippen molar-refractivity contribution in [1.82, 2.24) is 9.13 Å². The number of aromatic nitrogens is 2. The molecular formula is C54H36N2.